The lowest BCUT2D eigenvalue weighted by molar-refractivity contribution is -0.149. The van der Waals surface area contributed by atoms with Gasteiger partial charge in [-0.05, 0) is 25.3 Å². The summed E-state index contributed by atoms with van der Waals surface area (Å²) in [5.74, 6) is -0.187. The van der Waals surface area contributed by atoms with Crippen LogP contribution >= 0.6 is 0 Å². The Kier molecular flexibility index (Phi) is 4.54. The van der Waals surface area contributed by atoms with E-state index in [4.69, 9.17) is 4.74 Å². The van der Waals surface area contributed by atoms with Gasteiger partial charge in [-0.25, -0.2) is 0 Å². The summed E-state index contributed by atoms with van der Waals surface area (Å²) in [4.78, 5) is 11.2. The molecule has 0 aliphatic carbocycles. The van der Waals surface area contributed by atoms with Crippen LogP contribution in [0, 0.1) is 11.3 Å². The van der Waals surface area contributed by atoms with Crippen LogP contribution < -0.4 is 5.32 Å². The fraction of sp³-hybridized carbons (Fsp3) is 0.909. The minimum absolute atomic E-state index is 0.507. The number of hydrogen-bond acceptors (Lipinski definition) is 3. The Labute approximate surface area is 91.0 Å². The number of hydrogen-bond donors (Lipinski definition) is 2. The van der Waals surface area contributed by atoms with Crippen LogP contribution in [0.15, 0.2) is 0 Å². The highest BCUT2D eigenvalue weighted by molar-refractivity contribution is 5.75. The Morgan fingerprint density at radius 1 is 1.60 bits per heavy atom. The minimum Gasteiger partial charge on any atom is -0.481 e. The van der Waals surface area contributed by atoms with Crippen LogP contribution in [-0.2, 0) is 9.53 Å². The normalized spacial score (nSPS) is 26.1. The number of carboxylic acids is 1. The maximum absolute atomic E-state index is 11.2. The van der Waals surface area contributed by atoms with Crippen LogP contribution in [0.4, 0.5) is 0 Å². The first-order chi connectivity index (χ1) is 7.07. The summed E-state index contributed by atoms with van der Waals surface area (Å²) in [7, 11) is 0. The van der Waals surface area contributed by atoms with Gasteiger partial charge in [-0.1, -0.05) is 13.8 Å². The molecule has 1 aliphatic rings. The molecule has 4 nitrogen and oxygen atoms in total. The molecule has 15 heavy (non-hydrogen) atoms. The summed E-state index contributed by atoms with van der Waals surface area (Å²) in [6, 6.07) is 0. The van der Waals surface area contributed by atoms with Crippen molar-refractivity contribution in [2.75, 3.05) is 26.3 Å². The fourth-order valence-electron chi connectivity index (χ4n) is 1.83. The van der Waals surface area contributed by atoms with E-state index in [1.165, 1.54) is 0 Å². The van der Waals surface area contributed by atoms with E-state index in [1.54, 1.807) is 0 Å². The van der Waals surface area contributed by atoms with Gasteiger partial charge in [-0.2, -0.15) is 0 Å². The van der Waals surface area contributed by atoms with Gasteiger partial charge < -0.3 is 15.2 Å². The second kappa shape index (κ2) is 5.47. The summed E-state index contributed by atoms with van der Waals surface area (Å²) in [5, 5.41) is 12.3. The van der Waals surface area contributed by atoms with Crippen LogP contribution in [0.1, 0.15) is 26.7 Å². The lowest BCUT2D eigenvalue weighted by Crippen LogP contribution is -2.34. The average molecular weight is 215 g/mol. The average Bonchev–Trinajstić information content (AvgIpc) is 2.62. The highest BCUT2D eigenvalue weighted by atomic mass is 16.5. The van der Waals surface area contributed by atoms with Crippen molar-refractivity contribution in [2.24, 2.45) is 11.3 Å². The molecule has 0 aromatic heterocycles. The molecule has 0 aromatic carbocycles. The summed E-state index contributed by atoms with van der Waals surface area (Å²) < 4.78 is 5.44. The van der Waals surface area contributed by atoms with Gasteiger partial charge in [0.15, 0.2) is 0 Å². The van der Waals surface area contributed by atoms with Crippen molar-refractivity contribution < 1.29 is 14.6 Å². The molecule has 0 bridgehead atoms. The highest BCUT2D eigenvalue weighted by Gasteiger charge is 2.40. The van der Waals surface area contributed by atoms with Crippen LogP contribution in [0.5, 0.6) is 0 Å². The topological polar surface area (TPSA) is 58.6 Å². The largest absolute Gasteiger partial charge is 0.481 e. The number of ether oxygens (including phenoxy) is 1. The van der Waals surface area contributed by atoms with Crippen molar-refractivity contribution in [3.63, 3.8) is 0 Å². The third-order valence-corrected chi connectivity index (χ3v) is 2.87. The molecule has 0 aromatic rings. The molecule has 1 unspecified atom stereocenters. The zero-order valence-corrected chi connectivity index (χ0v) is 9.58. The zero-order chi connectivity index (χ0) is 11.3. The molecule has 1 fully saturated rings. The van der Waals surface area contributed by atoms with Crippen molar-refractivity contribution >= 4 is 5.97 Å². The van der Waals surface area contributed by atoms with E-state index in [2.05, 4.69) is 19.2 Å². The molecule has 88 valence electrons. The summed E-state index contributed by atoms with van der Waals surface area (Å²) in [5.41, 5.74) is -0.586. The summed E-state index contributed by atoms with van der Waals surface area (Å²) in [6.45, 7) is 6.81. The lowest BCUT2D eigenvalue weighted by atomic mass is 9.84. The number of rotatable bonds is 6. The molecule has 0 saturated carbocycles. The van der Waals surface area contributed by atoms with Gasteiger partial charge in [0, 0.05) is 19.8 Å². The van der Waals surface area contributed by atoms with Gasteiger partial charge in [0.05, 0.1) is 5.41 Å². The SMILES string of the molecule is CC(C)COCCC1(C(=O)O)CCNC1. The van der Waals surface area contributed by atoms with E-state index in [0.29, 0.717) is 38.5 Å². The van der Waals surface area contributed by atoms with Crippen LogP contribution in [0.25, 0.3) is 0 Å². The maximum atomic E-state index is 11.2. The second-order valence-electron chi connectivity index (χ2n) is 4.73. The minimum atomic E-state index is -0.694. The first-order valence-electron chi connectivity index (χ1n) is 5.59. The number of carboxylic acid groups (broad SMARTS) is 1. The maximum Gasteiger partial charge on any atom is 0.311 e. The molecule has 1 aliphatic heterocycles. The fourth-order valence-corrected chi connectivity index (χ4v) is 1.83. The van der Waals surface area contributed by atoms with E-state index in [0.717, 1.165) is 6.54 Å². The van der Waals surface area contributed by atoms with Crippen molar-refractivity contribution in [3.8, 4) is 0 Å². The van der Waals surface area contributed by atoms with E-state index >= 15 is 0 Å². The van der Waals surface area contributed by atoms with Crippen molar-refractivity contribution in [1.29, 1.82) is 0 Å². The van der Waals surface area contributed by atoms with E-state index < -0.39 is 11.4 Å². The van der Waals surface area contributed by atoms with Gasteiger partial charge in [0.1, 0.15) is 0 Å². The first kappa shape index (κ1) is 12.5. The molecule has 0 radical (unpaired) electrons. The molecule has 1 saturated heterocycles. The predicted molar refractivity (Wildman–Crippen MR) is 57.8 cm³/mol. The van der Waals surface area contributed by atoms with Gasteiger partial charge in [-0.15, -0.1) is 0 Å². The Balaban J connectivity index is 2.30. The van der Waals surface area contributed by atoms with Gasteiger partial charge in [0.2, 0.25) is 0 Å². The molecule has 1 heterocycles. The van der Waals surface area contributed by atoms with E-state index in [-0.39, 0.29) is 0 Å². The highest BCUT2D eigenvalue weighted by Crippen LogP contribution is 2.29. The predicted octanol–water partition coefficient (Wildman–Crippen LogP) is 1.11. The lowest BCUT2D eigenvalue weighted by Gasteiger charge is -2.22. The van der Waals surface area contributed by atoms with E-state index in [1.807, 2.05) is 0 Å². The van der Waals surface area contributed by atoms with Crippen LogP contribution in [0.3, 0.4) is 0 Å². The van der Waals surface area contributed by atoms with Gasteiger partial charge in [-0.3, -0.25) is 4.79 Å². The monoisotopic (exact) mass is 215 g/mol. The summed E-state index contributed by atoms with van der Waals surface area (Å²) in [6.07, 6.45) is 1.33. The Morgan fingerprint density at radius 2 is 2.33 bits per heavy atom. The van der Waals surface area contributed by atoms with Crippen LogP contribution in [0.2, 0.25) is 0 Å². The molecule has 0 amide bonds. The smallest absolute Gasteiger partial charge is 0.311 e. The molecule has 1 rings (SSSR count). The zero-order valence-electron chi connectivity index (χ0n) is 9.58. The number of nitrogens with one attached hydrogen (secondary N) is 1. The second-order valence-corrected chi connectivity index (χ2v) is 4.73. The van der Waals surface area contributed by atoms with Crippen molar-refractivity contribution in [2.45, 2.75) is 26.7 Å². The molecule has 1 atom stereocenters. The van der Waals surface area contributed by atoms with Crippen LogP contribution in [-0.4, -0.2) is 37.4 Å². The third-order valence-electron chi connectivity index (χ3n) is 2.87. The molecular formula is C11H21NO3. The quantitative estimate of drug-likeness (QED) is 0.652. The molecule has 2 N–H and O–H groups in total. The van der Waals surface area contributed by atoms with E-state index in [9.17, 15) is 9.90 Å². The van der Waals surface area contributed by atoms with Gasteiger partial charge in [0.25, 0.3) is 0 Å². The standard InChI is InChI=1S/C11H21NO3/c1-9(2)7-15-6-4-11(10(13)14)3-5-12-8-11/h9,12H,3-8H2,1-2H3,(H,13,14). The third kappa shape index (κ3) is 3.47. The summed E-state index contributed by atoms with van der Waals surface area (Å²) >= 11 is 0. The Hall–Kier alpha value is -0.610. The first-order valence-corrected chi connectivity index (χ1v) is 5.59. The van der Waals surface area contributed by atoms with Gasteiger partial charge >= 0.3 is 5.97 Å². The molecular weight excluding hydrogens is 194 g/mol. The van der Waals surface area contributed by atoms with Crippen molar-refractivity contribution in [1.82, 2.24) is 5.32 Å². The Bertz CT molecular complexity index is 210. The molecule has 0 spiro atoms. The Morgan fingerprint density at radius 3 is 2.80 bits per heavy atom. The number of carbonyl (C=O) groups is 1. The number of aliphatic carboxylic acids is 1. The van der Waals surface area contributed by atoms with Crippen molar-refractivity contribution in [3.05, 3.63) is 0 Å². The molecule has 4 heteroatoms.